The van der Waals surface area contributed by atoms with Gasteiger partial charge in [0, 0.05) is 28.7 Å². The van der Waals surface area contributed by atoms with Crippen LogP contribution in [0, 0.1) is 6.92 Å². The Hall–Kier alpha value is -3.03. The minimum atomic E-state index is -0.120. The van der Waals surface area contributed by atoms with E-state index in [9.17, 15) is 4.79 Å². The van der Waals surface area contributed by atoms with E-state index in [2.05, 4.69) is 15.4 Å². The third-order valence-corrected chi connectivity index (χ3v) is 5.86. The van der Waals surface area contributed by atoms with Crippen molar-refractivity contribution < 1.29 is 9.53 Å². The van der Waals surface area contributed by atoms with Gasteiger partial charge in [-0.2, -0.15) is 5.10 Å². The van der Waals surface area contributed by atoms with E-state index in [1.54, 1.807) is 29.0 Å². The number of fused-ring (bicyclic) bond motifs is 1. The number of ether oxygens (including phenoxy) is 1. The maximum atomic E-state index is 12.5. The van der Waals surface area contributed by atoms with Crippen LogP contribution in [0.1, 0.15) is 12.5 Å². The lowest BCUT2D eigenvalue weighted by Gasteiger charge is -2.08. The van der Waals surface area contributed by atoms with Crippen LogP contribution < -0.4 is 10.1 Å². The first-order chi connectivity index (χ1) is 15.0. The lowest BCUT2D eigenvalue weighted by molar-refractivity contribution is -0.113. The molecule has 4 rings (SSSR count). The average Bonchev–Trinajstić information content (AvgIpc) is 3.20. The highest BCUT2D eigenvalue weighted by atomic mass is 35.5. The van der Waals surface area contributed by atoms with Gasteiger partial charge in [-0.25, -0.2) is 9.50 Å². The summed E-state index contributed by atoms with van der Waals surface area (Å²) in [5.41, 5.74) is 4.34. The first kappa shape index (κ1) is 21.2. The minimum absolute atomic E-state index is 0.120. The quantitative estimate of drug-likeness (QED) is 0.375. The number of hydrogen-bond donors (Lipinski definition) is 1. The molecule has 0 radical (unpaired) electrons. The molecule has 6 nitrogen and oxygen atoms in total. The van der Waals surface area contributed by atoms with Crippen LogP contribution in [-0.2, 0) is 4.79 Å². The molecule has 2 aromatic heterocycles. The Morgan fingerprint density at radius 1 is 1.19 bits per heavy atom. The van der Waals surface area contributed by atoms with Crippen LogP contribution in [0.15, 0.2) is 66.0 Å². The number of anilines is 1. The highest BCUT2D eigenvalue weighted by molar-refractivity contribution is 8.00. The summed E-state index contributed by atoms with van der Waals surface area (Å²) in [4.78, 5) is 16.9. The van der Waals surface area contributed by atoms with Gasteiger partial charge in [0.05, 0.1) is 23.6 Å². The van der Waals surface area contributed by atoms with Gasteiger partial charge in [0.1, 0.15) is 10.8 Å². The Morgan fingerprint density at radius 2 is 2.00 bits per heavy atom. The molecule has 1 amide bonds. The second-order valence-electron chi connectivity index (χ2n) is 6.85. The number of nitrogens with zero attached hydrogens (tertiary/aromatic N) is 3. The molecule has 0 saturated heterocycles. The molecule has 158 valence electrons. The maximum Gasteiger partial charge on any atom is 0.234 e. The molecule has 0 saturated carbocycles. The molecular weight excluding hydrogens is 432 g/mol. The summed E-state index contributed by atoms with van der Waals surface area (Å²) in [6, 6.07) is 15.2. The van der Waals surface area contributed by atoms with Crippen molar-refractivity contribution in [2.75, 3.05) is 17.7 Å². The Bertz CT molecular complexity index is 1220. The van der Waals surface area contributed by atoms with Gasteiger partial charge in [-0.1, -0.05) is 29.4 Å². The average molecular weight is 453 g/mol. The summed E-state index contributed by atoms with van der Waals surface area (Å²) >= 11 is 7.40. The molecule has 1 N–H and O–H groups in total. The van der Waals surface area contributed by atoms with Gasteiger partial charge < -0.3 is 10.1 Å². The number of amides is 1. The van der Waals surface area contributed by atoms with E-state index in [1.165, 1.54) is 11.8 Å². The van der Waals surface area contributed by atoms with Crippen molar-refractivity contribution in [3.8, 4) is 17.0 Å². The zero-order valence-corrected chi connectivity index (χ0v) is 18.7. The van der Waals surface area contributed by atoms with E-state index < -0.39 is 0 Å². The summed E-state index contributed by atoms with van der Waals surface area (Å²) in [5, 5.41) is 8.88. The molecule has 0 aliphatic rings. The molecule has 0 aliphatic carbocycles. The van der Waals surface area contributed by atoms with Gasteiger partial charge >= 0.3 is 0 Å². The van der Waals surface area contributed by atoms with E-state index in [-0.39, 0.29) is 11.7 Å². The lowest BCUT2D eigenvalue weighted by Crippen LogP contribution is -2.15. The van der Waals surface area contributed by atoms with Gasteiger partial charge in [-0.05, 0) is 61.9 Å². The smallest absolute Gasteiger partial charge is 0.234 e. The molecule has 0 bridgehead atoms. The van der Waals surface area contributed by atoms with Crippen LogP contribution in [0.4, 0.5) is 5.69 Å². The van der Waals surface area contributed by atoms with Gasteiger partial charge in [-0.15, -0.1) is 0 Å². The second-order valence-corrected chi connectivity index (χ2v) is 8.25. The highest BCUT2D eigenvalue weighted by Crippen LogP contribution is 2.27. The molecule has 0 unspecified atom stereocenters. The highest BCUT2D eigenvalue weighted by Gasteiger charge is 2.12. The standard InChI is InChI=1S/C23H21ClN4O2S/c1-3-30-18-8-5-16(6-9-18)20-13-21-23(25-10-11-28(21)27-20)31-14-22(29)26-19-12-17(24)7-4-15(19)2/h4-13H,3,14H2,1-2H3,(H,26,29). The van der Waals surface area contributed by atoms with Crippen LogP contribution in [0.5, 0.6) is 5.75 Å². The van der Waals surface area contributed by atoms with Crippen LogP contribution in [-0.4, -0.2) is 32.9 Å². The molecule has 0 atom stereocenters. The van der Waals surface area contributed by atoms with Crippen LogP contribution in [0.2, 0.25) is 5.02 Å². The molecular formula is C23H21ClN4O2S. The van der Waals surface area contributed by atoms with Crippen molar-refractivity contribution in [1.82, 2.24) is 14.6 Å². The number of hydrogen-bond acceptors (Lipinski definition) is 5. The van der Waals surface area contributed by atoms with Gasteiger partial charge in [-0.3, -0.25) is 4.79 Å². The maximum absolute atomic E-state index is 12.5. The zero-order chi connectivity index (χ0) is 21.8. The number of aromatic nitrogens is 3. The number of carbonyl (C=O) groups excluding carboxylic acids is 1. The van der Waals surface area contributed by atoms with Crippen molar-refractivity contribution in [2.24, 2.45) is 0 Å². The van der Waals surface area contributed by atoms with Gasteiger partial charge in [0.2, 0.25) is 5.91 Å². The van der Waals surface area contributed by atoms with E-state index in [0.29, 0.717) is 17.3 Å². The fraction of sp³-hybridized carbons (Fsp3) is 0.174. The fourth-order valence-corrected chi connectivity index (χ4v) is 4.04. The van der Waals surface area contributed by atoms with Crippen molar-refractivity contribution in [3.05, 3.63) is 71.5 Å². The van der Waals surface area contributed by atoms with Crippen molar-refractivity contribution >= 4 is 40.5 Å². The van der Waals surface area contributed by atoms with Crippen LogP contribution >= 0.6 is 23.4 Å². The van der Waals surface area contributed by atoms with Crippen LogP contribution in [0.3, 0.4) is 0 Å². The fourth-order valence-electron chi connectivity index (χ4n) is 3.09. The molecule has 4 aromatic rings. The number of nitrogens with one attached hydrogen (secondary N) is 1. The summed E-state index contributed by atoms with van der Waals surface area (Å²) in [7, 11) is 0. The number of aryl methyl sites for hydroxylation is 1. The molecule has 0 spiro atoms. The van der Waals surface area contributed by atoms with Crippen molar-refractivity contribution in [3.63, 3.8) is 0 Å². The first-order valence-electron chi connectivity index (χ1n) is 9.80. The van der Waals surface area contributed by atoms with E-state index >= 15 is 0 Å². The first-order valence-corrected chi connectivity index (χ1v) is 11.2. The lowest BCUT2D eigenvalue weighted by atomic mass is 10.1. The number of halogens is 1. The molecule has 0 aliphatic heterocycles. The Balaban J connectivity index is 1.49. The summed E-state index contributed by atoms with van der Waals surface area (Å²) in [6.45, 7) is 4.51. The molecule has 2 heterocycles. The SMILES string of the molecule is CCOc1ccc(-c2cc3c(SCC(=O)Nc4cc(Cl)ccc4C)nccn3n2)cc1. The molecule has 31 heavy (non-hydrogen) atoms. The Kier molecular flexibility index (Phi) is 6.44. The predicted octanol–water partition coefficient (Wildman–Crippen LogP) is 5.49. The third kappa shape index (κ3) is 5.00. The molecule has 0 fully saturated rings. The number of thioether (sulfide) groups is 1. The summed E-state index contributed by atoms with van der Waals surface area (Å²) in [5.74, 6) is 0.932. The van der Waals surface area contributed by atoms with Crippen LogP contribution in [0.25, 0.3) is 16.8 Å². The summed E-state index contributed by atoms with van der Waals surface area (Å²) < 4.78 is 7.28. The normalized spacial score (nSPS) is 10.9. The monoisotopic (exact) mass is 452 g/mol. The zero-order valence-electron chi connectivity index (χ0n) is 17.1. The van der Waals surface area contributed by atoms with Gasteiger partial charge in [0.15, 0.2) is 0 Å². The topological polar surface area (TPSA) is 68.5 Å². The predicted molar refractivity (Wildman–Crippen MR) is 125 cm³/mol. The number of rotatable bonds is 7. The summed E-state index contributed by atoms with van der Waals surface area (Å²) in [6.07, 6.45) is 3.48. The Labute approximate surface area is 189 Å². The molecule has 2 aromatic carbocycles. The van der Waals surface area contributed by atoms with E-state index in [0.717, 1.165) is 33.1 Å². The Morgan fingerprint density at radius 3 is 2.77 bits per heavy atom. The molecule has 8 heteroatoms. The van der Waals surface area contributed by atoms with E-state index in [4.69, 9.17) is 16.3 Å². The van der Waals surface area contributed by atoms with Crippen molar-refractivity contribution in [2.45, 2.75) is 18.9 Å². The number of carbonyl (C=O) groups is 1. The van der Waals surface area contributed by atoms with Gasteiger partial charge in [0.25, 0.3) is 0 Å². The second kappa shape index (κ2) is 9.41. The third-order valence-electron chi connectivity index (χ3n) is 4.63. The largest absolute Gasteiger partial charge is 0.494 e. The minimum Gasteiger partial charge on any atom is -0.494 e. The van der Waals surface area contributed by atoms with Crippen molar-refractivity contribution in [1.29, 1.82) is 0 Å². The number of benzene rings is 2. The van der Waals surface area contributed by atoms with E-state index in [1.807, 2.05) is 50.2 Å².